The van der Waals surface area contributed by atoms with E-state index in [2.05, 4.69) is 5.32 Å². The summed E-state index contributed by atoms with van der Waals surface area (Å²) >= 11 is 0. The lowest BCUT2D eigenvalue weighted by molar-refractivity contribution is -0.139. The Bertz CT molecular complexity index is 1170. The van der Waals surface area contributed by atoms with Crippen LogP contribution < -0.4 is 9.62 Å². The van der Waals surface area contributed by atoms with Gasteiger partial charge in [0, 0.05) is 13.1 Å². The van der Waals surface area contributed by atoms with Gasteiger partial charge in [0.2, 0.25) is 21.8 Å². The zero-order valence-corrected chi connectivity index (χ0v) is 21.2. The number of carbonyl (C=O) groups is 2. The van der Waals surface area contributed by atoms with E-state index in [-0.39, 0.29) is 18.2 Å². The summed E-state index contributed by atoms with van der Waals surface area (Å²) < 4.78 is 78.5. The van der Waals surface area contributed by atoms with E-state index >= 15 is 0 Å². The molecular formula is C24H29F4N3O4S. The van der Waals surface area contributed by atoms with Crippen molar-refractivity contribution in [3.63, 3.8) is 0 Å². The third-order valence-corrected chi connectivity index (χ3v) is 6.40. The molecule has 1 atom stereocenters. The number of nitrogens with one attached hydrogen (secondary N) is 1. The molecule has 7 nitrogen and oxygen atoms in total. The zero-order valence-electron chi connectivity index (χ0n) is 20.3. The second-order valence-electron chi connectivity index (χ2n) is 8.78. The Morgan fingerprint density at radius 3 is 2.17 bits per heavy atom. The molecule has 0 aromatic heterocycles. The van der Waals surface area contributed by atoms with E-state index in [1.165, 1.54) is 31.2 Å². The van der Waals surface area contributed by atoms with Gasteiger partial charge in [0.25, 0.3) is 0 Å². The highest BCUT2D eigenvalue weighted by molar-refractivity contribution is 7.92. The number of sulfonamides is 1. The summed E-state index contributed by atoms with van der Waals surface area (Å²) in [6, 6.07) is 7.73. The summed E-state index contributed by atoms with van der Waals surface area (Å²) in [7, 11) is -4.19. The Morgan fingerprint density at radius 1 is 1.03 bits per heavy atom. The molecule has 1 N–H and O–H groups in total. The van der Waals surface area contributed by atoms with Crippen molar-refractivity contribution < 1.29 is 35.6 Å². The lowest BCUT2D eigenvalue weighted by Gasteiger charge is -2.31. The summed E-state index contributed by atoms with van der Waals surface area (Å²) in [5.74, 6) is -1.70. The summed E-state index contributed by atoms with van der Waals surface area (Å²) in [6.45, 7) is 4.54. The van der Waals surface area contributed by atoms with Gasteiger partial charge in [0.05, 0.1) is 17.5 Å². The van der Waals surface area contributed by atoms with Crippen LogP contribution in [0.5, 0.6) is 0 Å². The van der Waals surface area contributed by atoms with Crippen molar-refractivity contribution in [3.05, 3.63) is 65.5 Å². The first-order valence-electron chi connectivity index (χ1n) is 11.1. The van der Waals surface area contributed by atoms with Gasteiger partial charge in [-0.25, -0.2) is 12.8 Å². The van der Waals surface area contributed by atoms with Crippen molar-refractivity contribution in [2.75, 3.05) is 23.7 Å². The number of anilines is 1. The normalized spacial score (nSPS) is 12.8. The number of alkyl halides is 3. The predicted octanol–water partition coefficient (Wildman–Crippen LogP) is 3.80. The number of carbonyl (C=O) groups excluding carboxylic acids is 2. The first kappa shape index (κ1) is 29.1. The Labute approximate surface area is 208 Å². The fraction of sp³-hybridized carbons (Fsp3) is 0.417. The van der Waals surface area contributed by atoms with E-state index in [0.717, 1.165) is 29.4 Å². The maximum absolute atomic E-state index is 13.4. The zero-order chi connectivity index (χ0) is 27.3. The van der Waals surface area contributed by atoms with Crippen molar-refractivity contribution in [1.82, 2.24) is 10.2 Å². The van der Waals surface area contributed by atoms with Crippen molar-refractivity contribution in [1.29, 1.82) is 0 Å². The second-order valence-corrected chi connectivity index (χ2v) is 10.7. The average Bonchev–Trinajstić information content (AvgIpc) is 2.78. The molecule has 0 radical (unpaired) electrons. The quantitative estimate of drug-likeness (QED) is 0.473. The van der Waals surface area contributed by atoms with Gasteiger partial charge >= 0.3 is 6.18 Å². The van der Waals surface area contributed by atoms with Crippen LogP contribution >= 0.6 is 0 Å². The van der Waals surface area contributed by atoms with Gasteiger partial charge in [0.15, 0.2) is 0 Å². The summed E-state index contributed by atoms with van der Waals surface area (Å²) in [4.78, 5) is 27.2. The minimum absolute atomic E-state index is 0.129. The van der Waals surface area contributed by atoms with Crippen LogP contribution in [0.2, 0.25) is 0 Å². The van der Waals surface area contributed by atoms with Gasteiger partial charge in [0.1, 0.15) is 18.4 Å². The number of amides is 2. The predicted molar refractivity (Wildman–Crippen MR) is 128 cm³/mol. The van der Waals surface area contributed by atoms with Crippen LogP contribution in [0.1, 0.15) is 31.9 Å². The summed E-state index contributed by atoms with van der Waals surface area (Å²) in [6.07, 6.45) is -3.95. The van der Waals surface area contributed by atoms with E-state index in [1.54, 1.807) is 0 Å². The van der Waals surface area contributed by atoms with Crippen LogP contribution in [-0.4, -0.2) is 50.5 Å². The van der Waals surface area contributed by atoms with Crippen molar-refractivity contribution in [2.24, 2.45) is 5.92 Å². The van der Waals surface area contributed by atoms with Crippen LogP contribution in [-0.2, 0) is 32.3 Å². The molecule has 198 valence electrons. The topological polar surface area (TPSA) is 86.8 Å². The van der Waals surface area contributed by atoms with Crippen LogP contribution in [0, 0.1) is 11.7 Å². The molecule has 0 aliphatic carbocycles. The van der Waals surface area contributed by atoms with E-state index in [0.29, 0.717) is 22.5 Å². The van der Waals surface area contributed by atoms with Crippen molar-refractivity contribution in [2.45, 2.75) is 39.5 Å². The number of nitrogens with zero attached hydrogens (tertiary/aromatic N) is 2. The van der Waals surface area contributed by atoms with Gasteiger partial charge in [-0.15, -0.1) is 0 Å². The van der Waals surface area contributed by atoms with Crippen LogP contribution in [0.4, 0.5) is 23.2 Å². The SMILES string of the molecule is CC(C)CNC(=O)[C@@H](C)N(Cc1ccc(F)cc1)C(=O)CN(c1cccc(C(F)(F)F)c1)S(C)(=O)=O. The minimum atomic E-state index is -4.72. The smallest absolute Gasteiger partial charge is 0.354 e. The monoisotopic (exact) mass is 531 g/mol. The lowest BCUT2D eigenvalue weighted by atomic mass is 10.1. The molecular weight excluding hydrogens is 502 g/mol. The van der Waals surface area contributed by atoms with Crippen molar-refractivity contribution >= 4 is 27.5 Å². The molecule has 0 saturated carbocycles. The number of halogens is 4. The maximum atomic E-state index is 13.4. The van der Waals surface area contributed by atoms with Gasteiger partial charge in [-0.2, -0.15) is 13.2 Å². The summed E-state index contributed by atoms with van der Waals surface area (Å²) in [5, 5.41) is 2.70. The molecule has 0 saturated heterocycles. The highest BCUT2D eigenvalue weighted by Gasteiger charge is 2.33. The maximum Gasteiger partial charge on any atom is 0.416 e. The molecule has 0 fully saturated rings. The number of benzene rings is 2. The third-order valence-electron chi connectivity index (χ3n) is 5.26. The molecule has 0 aliphatic rings. The molecule has 2 rings (SSSR count). The van der Waals surface area contributed by atoms with Gasteiger partial charge in [-0.05, 0) is 48.7 Å². The van der Waals surface area contributed by atoms with E-state index in [9.17, 15) is 35.6 Å². The van der Waals surface area contributed by atoms with Gasteiger partial charge in [-0.1, -0.05) is 32.0 Å². The number of hydrogen-bond donors (Lipinski definition) is 1. The molecule has 0 aliphatic heterocycles. The fourth-order valence-corrected chi connectivity index (χ4v) is 4.11. The van der Waals surface area contributed by atoms with Gasteiger partial charge < -0.3 is 10.2 Å². The Balaban J connectivity index is 2.41. The Kier molecular flexibility index (Phi) is 9.47. The molecule has 2 aromatic carbocycles. The lowest BCUT2D eigenvalue weighted by Crippen LogP contribution is -2.51. The van der Waals surface area contributed by atoms with E-state index in [1.807, 2.05) is 13.8 Å². The first-order valence-corrected chi connectivity index (χ1v) is 12.9. The summed E-state index contributed by atoms with van der Waals surface area (Å²) in [5.41, 5.74) is -0.955. The van der Waals surface area contributed by atoms with Gasteiger partial charge in [-0.3, -0.25) is 13.9 Å². The average molecular weight is 532 g/mol. The largest absolute Gasteiger partial charge is 0.416 e. The Hall–Kier alpha value is -3.15. The second kappa shape index (κ2) is 11.7. The molecule has 0 unspecified atom stereocenters. The Morgan fingerprint density at radius 2 is 1.64 bits per heavy atom. The first-order chi connectivity index (χ1) is 16.6. The van der Waals surface area contributed by atoms with E-state index in [4.69, 9.17) is 0 Å². The molecule has 2 aromatic rings. The number of rotatable bonds is 10. The molecule has 0 spiro atoms. The minimum Gasteiger partial charge on any atom is -0.354 e. The molecule has 2 amide bonds. The molecule has 0 bridgehead atoms. The number of hydrogen-bond acceptors (Lipinski definition) is 4. The molecule has 12 heteroatoms. The molecule has 36 heavy (non-hydrogen) atoms. The van der Waals surface area contributed by atoms with Crippen molar-refractivity contribution in [3.8, 4) is 0 Å². The highest BCUT2D eigenvalue weighted by atomic mass is 32.2. The highest BCUT2D eigenvalue weighted by Crippen LogP contribution is 2.32. The standard InChI is InChI=1S/C24H29F4N3O4S/c1-16(2)13-29-23(33)17(3)30(14-18-8-10-20(25)11-9-18)22(32)15-31(36(4,34)35)21-7-5-6-19(12-21)24(26,27)28/h5-12,16-17H,13-15H2,1-4H3,(H,29,33)/t17-/m1/s1. The van der Waals surface area contributed by atoms with Crippen LogP contribution in [0.3, 0.4) is 0 Å². The fourth-order valence-electron chi connectivity index (χ4n) is 3.27. The molecule has 0 heterocycles. The van der Waals surface area contributed by atoms with E-state index < -0.39 is 52.0 Å². The van der Waals surface area contributed by atoms with Crippen LogP contribution in [0.15, 0.2) is 48.5 Å². The van der Waals surface area contributed by atoms with Crippen LogP contribution in [0.25, 0.3) is 0 Å². The third kappa shape index (κ3) is 8.21.